The molecule has 2 aromatic rings. The van der Waals surface area contributed by atoms with E-state index in [0.29, 0.717) is 6.54 Å². The Morgan fingerprint density at radius 1 is 1.33 bits per heavy atom. The lowest BCUT2D eigenvalue weighted by atomic mass is 10.2. The lowest BCUT2D eigenvalue weighted by Crippen LogP contribution is -1.80. The van der Waals surface area contributed by atoms with Crippen molar-refractivity contribution in [2.24, 2.45) is 0 Å². The Kier molecular flexibility index (Phi) is 4.40. The first-order valence-electron chi connectivity index (χ1n) is 4.08. The van der Waals surface area contributed by atoms with Crippen molar-refractivity contribution in [1.82, 2.24) is 9.97 Å². The Bertz CT molecular complexity index is 461. The quantitative estimate of drug-likeness (QED) is 0.792. The van der Waals surface area contributed by atoms with Gasteiger partial charge >= 0.3 is 0 Å². The molecule has 15 heavy (non-hydrogen) atoms. The number of halogens is 1. The summed E-state index contributed by atoms with van der Waals surface area (Å²) in [6, 6.07) is 3.83. The van der Waals surface area contributed by atoms with E-state index >= 15 is 0 Å². The molecule has 0 amide bonds. The Hall–Kier alpha value is -1.25. The van der Waals surface area contributed by atoms with Gasteiger partial charge in [-0.2, -0.15) is 0 Å². The number of hydrogen-bond acceptors (Lipinski definition) is 3. The van der Waals surface area contributed by atoms with Gasteiger partial charge in [0.2, 0.25) is 0 Å². The van der Waals surface area contributed by atoms with Crippen molar-refractivity contribution >= 4 is 28.3 Å². The van der Waals surface area contributed by atoms with Crippen molar-refractivity contribution < 1.29 is 0 Å². The van der Waals surface area contributed by atoms with Crippen LogP contribution in [-0.4, -0.2) is 9.97 Å². The monoisotopic (exact) mass is 281 g/mol. The third kappa shape index (κ3) is 2.85. The number of aromatic nitrogens is 2. The van der Waals surface area contributed by atoms with Gasteiger partial charge in [0, 0.05) is 23.3 Å². The second-order valence-electron chi connectivity index (χ2n) is 2.68. The second kappa shape index (κ2) is 5.59. The van der Waals surface area contributed by atoms with Crippen molar-refractivity contribution in [1.29, 1.82) is 0 Å². The maximum atomic E-state index is 6.74. The molecule has 0 saturated carbocycles. The molecule has 0 aromatic carbocycles. The highest BCUT2D eigenvalue weighted by atomic mass is 79.9. The molecule has 2 rings (SSSR count). The molecule has 3 nitrogen and oxygen atoms in total. The first-order chi connectivity index (χ1) is 6.90. The SMILES string of the molecule is Br.[C-]#[N+]Cc1nc(-c2ccncc2)cs1. The fraction of sp³-hybridized carbons (Fsp3) is 0.100. The summed E-state index contributed by atoms with van der Waals surface area (Å²) in [6.07, 6.45) is 3.48. The normalized spacial score (nSPS) is 9.00. The molecule has 0 saturated heterocycles. The lowest BCUT2D eigenvalue weighted by molar-refractivity contribution is 1.18. The van der Waals surface area contributed by atoms with Gasteiger partial charge in [-0.3, -0.25) is 4.98 Å². The zero-order valence-electron chi connectivity index (χ0n) is 7.75. The third-order valence-electron chi connectivity index (χ3n) is 1.74. The van der Waals surface area contributed by atoms with Crippen LogP contribution < -0.4 is 0 Å². The molecule has 0 aliphatic rings. The molecular weight excluding hydrogens is 274 g/mol. The van der Waals surface area contributed by atoms with E-state index in [1.54, 1.807) is 12.4 Å². The standard InChI is InChI=1S/C10H7N3S.BrH/c1-11-6-10-13-9(7-14-10)8-2-4-12-5-3-8;/h2-5,7H,6H2;1H. The molecular formula is C10H8BrN3S. The van der Waals surface area contributed by atoms with Crippen molar-refractivity contribution in [3.8, 4) is 11.3 Å². The summed E-state index contributed by atoms with van der Waals surface area (Å²) in [5.41, 5.74) is 1.98. The van der Waals surface area contributed by atoms with E-state index in [-0.39, 0.29) is 17.0 Å². The molecule has 2 aromatic heterocycles. The van der Waals surface area contributed by atoms with Gasteiger partial charge in [0.15, 0.2) is 5.01 Å². The summed E-state index contributed by atoms with van der Waals surface area (Å²) in [5, 5.41) is 2.84. The third-order valence-corrected chi connectivity index (χ3v) is 2.58. The van der Waals surface area contributed by atoms with Gasteiger partial charge in [0.1, 0.15) is 0 Å². The Morgan fingerprint density at radius 2 is 2.07 bits per heavy atom. The number of nitrogens with zero attached hydrogens (tertiary/aromatic N) is 3. The number of thiazole rings is 1. The molecule has 0 spiro atoms. The van der Waals surface area contributed by atoms with Crippen LogP contribution in [0.3, 0.4) is 0 Å². The number of pyridine rings is 1. The second-order valence-corrected chi connectivity index (χ2v) is 3.62. The molecule has 0 fully saturated rings. The van der Waals surface area contributed by atoms with Crippen LogP contribution in [0.15, 0.2) is 29.9 Å². The van der Waals surface area contributed by atoms with Gasteiger partial charge in [-0.15, -0.1) is 28.3 Å². The number of rotatable bonds is 2. The van der Waals surface area contributed by atoms with E-state index in [2.05, 4.69) is 14.8 Å². The summed E-state index contributed by atoms with van der Waals surface area (Å²) in [6.45, 7) is 7.11. The molecule has 5 heteroatoms. The minimum Gasteiger partial charge on any atom is -0.309 e. The van der Waals surface area contributed by atoms with Gasteiger partial charge in [0.05, 0.1) is 5.69 Å². The Balaban J connectivity index is 0.00000112. The van der Waals surface area contributed by atoms with Crippen LogP contribution in [0.5, 0.6) is 0 Å². The first kappa shape index (κ1) is 11.8. The summed E-state index contributed by atoms with van der Waals surface area (Å²) in [4.78, 5) is 11.6. The zero-order chi connectivity index (χ0) is 9.80. The van der Waals surface area contributed by atoms with E-state index in [1.165, 1.54) is 11.3 Å². The molecule has 0 N–H and O–H groups in total. The van der Waals surface area contributed by atoms with Gasteiger partial charge in [-0.05, 0) is 12.1 Å². The molecule has 2 heterocycles. The van der Waals surface area contributed by atoms with E-state index in [1.807, 2.05) is 17.5 Å². The van der Waals surface area contributed by atoms with E-state index in [9.17, 15) is 0 Å². The lowest BCUT2D eigenvalue weighted by Gasteiger charge is -1.92. The summed E-state index contributed by atoms with van der Waals surface area (Å²) >= 11 is 1.52. The van der Waals surface area contributed by atoms with Crippen LogP contribution in [0.2, 0.25) is 0 Å². The maximum absolute atomic E-state index is 6.74. The predicted molar refractivity (Wildman–Crippen MR) is 66.0 cm³/mol. The van der Waals surface area contributed by atoms with Gasteiger partial charge < -0.3 is 4.85 Å². The van der Waals surface area contributed by atoms with Crippen LogP contribution in [-0.2, 0) is 6.54 Å². The van der Waals surface area contributed by atoms with Gasteiger partial charge in [-0.25, -0.2) is 11.6 Å². The summed E-state index contributed by atoms with van der Waals surface area (Å²) < 4.78 is 0. The Labute approximate surface area is 102 Å². The minimum absolute atomic E-state index is 0. The van der Waals surface area contributed by atoms with Crippen LogP contribution in [0, 0.1) is 6.57 Å². The zero-order valence-corrected chi connectivity index (χ0v) is 10.3. The maximum Gasteiger partial charge on any atom is 0.265 e. The van der Waals surface area contributed by atoms with Crippen LogP contribution in [0.4, 0.5) is 0 Å². The van der Waals surface area contributed by atoms with Crippen molar-refractivity contribution in [2.45, 2.75) is 6.54 Å². The van der Waals surface area contributed by atoms with E-state index < -0.39 is 0 Å². The summed E-state index contributed by atoms with van der Waals surface area (Å²) in [7, 11) is 0. The predicted octanol–water partition coefficient (Wildman–Crippen LogP) is 3.20. The van der Waals surface area contributed by atoms with Gasteiger partial charge in [0.25, 0.3) is 6.54 Å². The Morgan fingerprint density at radius 3 is 2.73 bits per heavy atom. The highest BCUT2D eigenvalue weighted by molar-refractivity contribution is 8.93. The largest absolute Gasteiger partial charge is 0.309 e. The molecule has 0 aliphatic heterocycles. The molecule has 0 bridgehead atoms. The highest BCUT2D eigenvalue weighted by Gasteiger charge is 2.04. The van der Waals surface area contributed by atoms with E-state index in [0.717, 1.165) is 16.3 Å². The molecule has 0 aliphatic carbocycles. The average Bonchev–Trinajstić information content (AvgIpc) is 2.68. The smallest absolute Gasteiger partial charge is 0.265 e. The fourth-order valence-corrected chi connectivity index (χ4v) is 1.83. The average molecular weight is 282 g/mol. The minimum atomic E-state index is 0. The topological polar surface area (TPSA) is 30.1 Å². The molecule has 0 radical (unpaired) electrons. The van der Waals surface area contributed by atoms with Crippen molar-refractivity contribution in [2.75, 3.05) is 0 Å². The molecule has 0 unspecified atom stereocenters. The molecule has 0 atom stereocenters. The fourth-order valence-electron chi connectivity index (χ4n) is 1.11. The van der Waals surface area contributed by atoms with Crippen LogP contribution in [0.1, 0.15) is 5.01 Å². The first-order valence-corrected chi connectivity index (χ1v) is 4.96. The molecule has 76 valence electrons. The van der Waals surface area contributed by atoms with Gasteiger partial charge in [-0.1, -0.05) is 0 Å². The van der Waals surface area contributed by atoms with Crippen LogP contribution in [0.25, 0.3) is 16.1 Å². The van der Waals surface area contributed by atoms with Crippen molar-refractivity contribution in [3.63, 3.8) is 0 Å². The van der Waals surface area contributed by atoms with Crippen molar-refractivity contribution in [3.05, 3.63) is 46.3 Å². The summed E-state index contributed by atoms with van der Waals surface area (Å²) in [5.74, 6) is 0. The van der Waals surface area contributed by atoms with Crippen LogP contribution >= 0.6 is 28.3 Å². The number of hydrogen-bond donors (Lipinski definition) is 0. The van der Waals surface area contributed by atoms with E-state index in [4.69, 9.17) is 6.57 Å². The highest BCUT2D eigenvalue weighted by Crippen LogP contribution is 2.21.